The molecule has 9 heterocycles. The van der Waals surface area contributed by atoms with E-state index in [2.05, 4.69) is 21.7 Å². The van der Waals surface area contributed by atoms with E-state index in [1.807, 2.05) is 66.7 Å². The summed E-state index contributed by atoms with van der Waals surface area (Å²) in [5.74, 6) is 2.78. The first-order valence-electron chi connectivity index (χ1n) is 20.9. The maximum atomic E-state index is 13.0. The summed E-state index contributed by atoms with van der Waals surface area (Å²) >= 11 is 0. The summed E-state index contributed by atoms with van der Waals surface area (Å²) in [6.45, 7) is 0.592. The van der Waals surface area contributed by atoms with Gasteiger partial charge in [0.2, 0.25) is 0 Å². The number of fused-ring (bicyclic) bond motifs is 12. The molecule has 2 fully saturated rings. The second kappa shape index (κ2) is 15.4. The minimum Gasteiger partial charge on any atom is -0.489 e. The summed E-state index contributed by atoms with van der Waals surface area (Å²) in [6.07, 6.45) is 11.2. The largest absolute Gasteiger partial charge is 0.489 e. The number of hydrogen-bond acceptors (Lipinski definition) is 9. The molecule has 306 valence electrons. The molecule has 4 atom stereocenters. The monoisotopic (exact) mass is 815 g/mol. The molecular formula is C49H42FN5O6. The first-order chi connectivity index (χ1) is 29.9. The standard InChI is InChI=1S/C25H22N2O3.C24H20FN3O3/c28-24-14-19(29-15-16-4-2-1-3-5-16)10-11-27(24)18-7-8-20-22(13-18)30-23-12-17-6-9-21(26-17)25(20)23;25-14-1-2-16(26-12-14)13-30-18-7-8-28(23(29)11-18)17-4-5-19-21(10-17)31-22-9-15-3-6-20(27-15)24(19)22/h1-5,7-8,10-11,13-14,17,21,26H,6,9,12,15H2;1-2,4-5,7-8,10-12,15,20,27H,3,6,9,13H2. The van der Waals surface area contributed by atoms with E-state index < -0.39 is 5.82 Å². The van der Waals surface area contributed by atoms with Crippen LogP contribution in [0.3, 0.4) is 0 Å². The fourth-order valence-corrected chi connectivity index (χ4v) is 9.46. The van der Waals surface area contributed by atoms with Gasteiger partial charge in [-0.1, -0.05) is 30.3 Å². The van der Waals surface area contributed by atoms with Crippen molar-refractivity contribution in [2.75, 3.05) is 0 Å². The third kappa shape index (κ3) is 7.21. The van der Waals surface area contributed by atoms with E-state index in [1.54, 1.807) is 33.7 Å². The predicted molar refractivity (Wildman–Crippen MR) is 228 cm³/mol. The molecule has 5 aromatic heterocycles. The molecule has 0 radical (unpaired) electrons. The van der Waals surface area contributed by atoms with Crippen molar-refractivity contribution in [3.8, 4) is 22.9 Å². The van der Waals surface area contributed by atoms with Gasteiger partial charge in [0.05, 0.1) is 23.3 Å². The second-order valence-corrected chi connectivity index (χ2v) is 16.3. The van der Waals surface area contributed by atoms with E-state index in [9.17, 15) is 14.0 Å². The van der Waals surface area contributed by atoms with Crippen LogP contribution in [0.2, 0.25) is 0 Å². The minimum atomic E-state index is -0.399. The fourth-order valence-electron chi connectivity index (χ4n) is 9.46. The summed E-state index contributed by atoms with van der Waals surface area (Å²) in [4.78, 5) is 29.4. The van der Waals surface area contributed by atoms with E-state index in [0.29, 0.717) is 48.0 Å². The Hall–Kier alpha value is -6.76. The molecule has 2 saturated heterocycles. The van der Waals surface area contributed by atoms with Crippen LogP contribution in [0, 0.1) is 5.82 Å². The van der Waals surface area contributed by atoms with Crippen molar-refractivity contribution in [1.82, 2.24) is 24.8 Å². The molecule has 3 aromatic carbocycles. The summed E-state index contributed by atoms with van der Waals surface area (Å²) < 4.78 is 39.9. The van der Waals surface area contributed by atoms with Crippen LogP contribution in [-0.4, -0.2) is 26.2 Å². The SMILES string of the molecule is O=c1cc(OCc2ccc(F)cn2)ccn1-c1ccc2c3c(oc2c1)CC1CCC3N1.O=c1cc(OCc2ccccc2)ccn1-c1ccc2c3c(oc2c1)CC1CCC3N1. The van der Waals surface area contributed by atoms with Crippen molar-refractivity contribution >= 4 is 21.9 Å². The van der Waals surface area contributed by atoms with Crippen LogP contribution in [0.1, 0.15) is 71.7 Å². The molecule has 0 aliphatic carbocycles. The van der Waals surface area contributed by atoms with Crippen molar-refractivity contribution in [3.05, 3.63) is 182 Å². The van der Waals surface area contributed by atoms with Crippen molar-refractivity contribution < 1.29 is 22.7 Å². The van der Waals surface area contributed by atoms with Crippen LogP contribution in [-0.2, 0) is 26.1 Å². The molecule has 61 heavy (non-hydrogen) atoms. The maximum Gasteiger partial charge on any atom is 0.258 e. The molecule has 4 bridgehead atoms. The number of ether oxygens (including phenoxy) is 2. The molecule has 0 spiro atoms. The third-order valence-electron chi connectivity index (χ3n) is 12.4. The lowest BCUT2D eigenvalue weighted by molar-refractivity contribution is 0.300. The molecule has 8 aromatic rings. The van der Waals surface area contributed by atoms with E-state index in [4.69, 9.17) is 18.3 Å². The third-order valence-corrected chi connectivity index (χ3v) is 12.4. The molecule has 12 heteroatoms. The number of benzene rings is 3. The van der Waals surface area contributed by atoms with Crippen LogP contribution in [0.15, 0.2) is 140 Å². The number of halogens is 1. The normalized spacial score (nSPS) is 19.6. The average Bonchev–Trinajstić information content (AvgIpc) is 4.06. The average molecular weight is 816 g/mol. The molecule has 0 saturated carbocycles. The van der Waals surface area contributed by atoms with Crippen LogP contribution < -0.4 is 31.2 Å². The predicted octanol–water partition coefficient (Wildman–Crippen LogP) is 8.56. The van der Waals surface area contributed by atoms with Gasteiger partial charge in [-0.05, 0) is 79.8 Å². The Balaban J connectivity index is 0.000000138. The van der Waals surface area contributed by atoms with Crippen LogP contribution in [0.4, 0.5) is 4.39 Å². The van der Waals surface area contributed by atoms with Crippen molar-refractivity contribution in [1.29, 1.82) is 0 Å². The molecule has 2 N–H and O–H groups in total. The highest BCUT2D eigenvalue weighted by Crippen LogP contribution is 2.43. The first kappa shape index (κ1) is 37.3. The van der Waals surface area contributed by atoms with E-state index in [1.165, 1.54) is 42.2 Å². The summed E-state index contributed by atoms with van der Waals surface area (Å²) in [6, 6.07) is 33.1. The number of aromatic nitrogens is 3. The van der Waals surface area contributed by atoms with Gasteiger partial charge in [0.15, 0.2) is 0 Å². The fraction of sp³-hybridized carbons (Fsp3) is 0.245. The van der Waals surface area contributed by atoms with Gasteiger partial charge >= 0.3 is 0 Å². The number of pyridine rings is 3. The Morgan fingerprint density at radius 2 is 1.20 bits per heavy atom. The lowest BCUT2D eigenvalue weighted by Gasteiger charge is -2.20. The highest BCUT2D eigenvalue weighted by Gasteiger charge is 2.37. The van der Waals surface area contributed by atoms with E-state index in [0.717, 1.165) is 82.3 Å². The number of rotatable bonds is 8. The lowest BCUT2D eigenvalue weighted by atomic mass is 9.99. The molecule has 4 aliphatic heterocycles. The molecule has 11 nitrogen and oxygen atoms in total. The molecule has 0 amide bonds. The Kier molecular flexibility index (Phi) is 9.38. The van der Waals surface area contributed by atoms with Crippen LogP contribution >= 0.6 is 0 Å². The topological polar surface area (TPSA) is 126 Å². The molecule has 4 unspecified atom stereocenters. The van der Waals surface area contributed by atoms with Gasteiger partial charge in [-0.3, -0.25) is 23.7 Å². The maximum absolute atomic E-state index is 13.0. The zero-order chi connectivity index (χ0) is 41.0. The molecule has 4 aliphatic rings. The summed E-state index contributed by atoms with van der Waals surface area (Å²) in [5, 5.41) is 9.62. The highest BCUT2D eigenvalue weighted by atomic mass is 19.1. The van der Waals surface area contributed by atoms with E-state index in [-0.39, 0.29) is 17.7 Å². The van der Waals surface area contributed by atoms with Gasteiger partial charge in [0, 0.05) is 95.6 Å². The Bertz CT molecular complexity index is 3040. The number of nitrogens with zero attached hydrogens (tertiary/aromatic N) is 3. The lowest BCUT2D eigenvalue weighted by Crippen LogP contribution is -2.30. The van der Waals surface area contributed by atoms with Crippen molar-refractivity contribution in [3.63, 3.8) is 0 Å². The molecule has 12 rings (SSSR count). The number of nitrogens with one attached hydrogen (secondary N) is 2. The highest BCUT2D eigenvalue weighted by molar-refractivity contribution is 5.86. The Morgan fingerprint density at radius 1 is 0.639 bits per heavy atom. The summed E-state index contributed by atoms with van der Waals surface area (Å²) in [7, 11) is 0. The quantitative estimate of drug-likeness (QED) is 0.155. The number of furan rings is 2. The zero-order valence-electron chi connectivity index (χ0n) is 33.2. The summed E-state index contributed by atoms with van der Waals surface area (Å²) in [5.41, 5.74) is 7.11. The minimum absolute atomic E-state index is 0.128. The molecular weight excluding hydrogens is 774 g/mol. The zero-order valence-corrected chi connectivity index (χ0v) is 33.2. The van der Waals surface area contributed by atoms with Crippen LogP contribution in [0.25, 0.3) is 33.3 Å². The van der Waals surface area contributed by atoms with E-state index >= 15 is 0 Å². The van der Waals surface area contributed by atoms with Gasteiger partial charge in [0.25, 0.3) is 11.1 Å². The number of hydrogen-bond donors (Lipinski definition) is 2. The first-order valence-corrected chi connectivity index (χ1v) is 20.9. The van der Waals surface area contributed by atoms with Gasteiger partial charge in [-0.25, -0.2) is 4.39 Å². The Morgan fingerprint density at radius 3 is 1.72 bits per heavy atom. The van der Waals surface area contributed by atoms with Gasteiger partial charge in [-0.2, -0.15) is 0 Å². The second-order valence-electron chi connectivity index (χ2n) is 16.3. The van der Waals surface area contributed by atoms with Crippen molar-refractivity contribution in [2.24, 2.45) is 0 Å². The van der Waals surface area contributed by atoms with Gasteiger partial charge < -0.3 is 28.9 Å². The van der Waals surface area contributed by atoms with Gasteiger partial charge in [-0.15, -0.1) is 0 Å². The van der Waals surface area contributed by atoms with Crippen molar-refractivity contribution in [2.45, 2.75) is 75.9 Å². The van der Waals surface area contributed by atoms with Crippen LogP contribution in [0.5, 0.6) is 11.5 Å². The Labute approximate surface area is 349 Å². The van der Waals surface area contributed by atoms with Gasteiger partial charge in [0.1, 0.15) is 53.2 Å². The smallest absolute Gasteiger partial charge is 0.258 e.